The predicted molar refractivity (Wildman–Crippen MR) is 122 cm³/mol. The number of anilines is 1. The zero-order valence-electron chi connectivity index (χ0n) is 18.4. The van der Waals surface area contributed by atoms with Gasteiger partial charge in [-0.15, -0.1) is 0 Å². The van der Waals surface area contributed by atoms with E-state index in [1.165, 1.54) is 19.2 Å². The zero-order chi connectivity index (χ0) is 24.9. The second kappa shape index (κ2) is 10.3. The smallest absolute Gasteiger partial charge is 0.416 e. The van der Waals surface area contributed by atoms with Crippen molar-refractivity contribution >= 4 is 21.6 Å². The highest BCUT2D eigenvalue weighted by Crippen LogP contribution is 2.30. The first-order valence-electron chi connectivity index (χ1n) is 10.2. The molecule has 2 N–H and O–H groups in total. The van der Waals surface area contributed by atoms with E-state index in [1.54, 1.807) is 43.3 Å². The van der Waals surface area contributed by atoms with Gasteiger partial charge < -0.3 is 10.1 Å². The number of carbonyl (C=O) groups excluding carboxylic acids is 1. The third-order valence-corrected chi connectivity index (χ3v) is 6.48. The molecule has 180 valence electrons. The topological polar surface area (TPSA) is 84.5 Å². The van der Waals surface area contributed by atoms with Gasteiger partial charge in [-0.25, -0.2) is 8.42 Å². The average molecular weight is 493 g/mol. The molecule has 0 bridgehead atoms. The molecule has 0 aliphatic rings. The van der Waals surface area contributed by atoms with E-state index in [0.29, 0.717) is 11.1 Å². The van der Waals surface area contributed by atoms with Crippen LogP contribution in [0.4, 0.5) is 18.9 Å². The van der Waals surface area contributed by atoms with Crippen LogP contribution >= 0.6 is 0 Å². The number of carbonyl (C=O) groups is 1. The number of alkyl halides is 3. The van der Waals surface area contributed by atoms with Crippen LogP contribution in [0.15, 0.2) is 77.7 Å². The van der Waals surface area contributed by atoms with Gasteiger partial charge in [-0.1, -0.05) is 36.4 Å². The van der Waals surface area contributed by atoms with Crippen LogP contribution in [0.5, 0.6) is 5.75 Å². The van der Waals surface area contributed by atoms with Crippen LogP contribution in [0.1, 0.15) is 16.7 Å². The minimum Gasteiger partial charge on any atom is -0.495 e. The number of rotatable bonds is 8. The summed E-state index contributed by atoms with van der Waals surface area (Å²) in [4.78, 5) is 12.9. The van der Waals surface area contributed by atoms with Gasteiger partial charge in [0.05, 0.1) is 12.7 Å². The van der Waals surface area contributed by atoms with Crippen LogP contribution in [-0.2, 0) is 27.4 Å². The minimum atomic E-state index is -4.51. The maximum absolute atomic E-state index is 13.2. The molecule has 6 nitrogen and oxygen atoms in total. The van der Waals surface area contributed by atoms with Gasteiger partial charge >= 0.3 is 6.18 Å². The summed E-state index contributed by atoms with van der Waals surface area (Å²) in [5.74, 6) is -0.612. The Morgan fingerprint density at radius 1 is 1.00 bits per heavy atom. The molecule has 0 fully saturated rings. The molecule has 0 saturated heterocycles. The van der Waals surface area contributed by atoms with Crippen LogP contribution in [0.2, 0.25) is 0 Å². The van der Waals surface area contributed by atoms with E-state index in [2.05, 4.69) is 10.0 Å². The molecule has 1 unspecified atom stereocenters. The fourth-order valence-corrected chi connectivity index (χ4v) is 4.70. The van der Waals surface area contributed by atoms with Gasteiger partial charge in [-0.2, -0.15) is 17.9 Å². The molecule has 0 heterocycles. The lowest BCUT2D eigenvalue weighted by Gasteiger charge is -2.20. The molecule has 0 radical (unpaired) electrons. The Balaban J connectivity index is 1.89. The molecule has 1 atom stereocenters. The Labute approximate surface area is 195 Å². The van der Waals surface area contributed by atoms with Crippen LogP contribution in [0.25, 0.3) is 0 Å². The predicted octanol–water partition coefficient (Wildman–Crippen LogP) is 4.55. The number of nitrogens with one attached hydrogen (secondary N) is 2. The number of benzene rings is 3. The van der Waals surface area contributed by atoms with E-state index in [1.807, 2.05) is 0 Å². The first kappa shape index (κ1) is 25.3. The Hall–Kier alpha value is -3.37. The van der Waals surface area contributed by atoms with E-state index >= 15 is 0 Å². The third kappa shape index (κ3) is 6.36. The van der Waals surface area contributed by atoms with Gasteiger partial charge in [-0.05, 0) is 60.9 Å². The number of hydrogen-bond donors (Lipinski definition) is 2. The molecule has 3 aromatic carbocycles. The summed E-state index contributed by atoms with van der Waals surface area (Å²) in [5.41, 5.74) is 0.603. The van der Waals surface area contributed by atoms with Crippen LogP contribution in [0, 0.1) is 6.92 Å². The fourth-order valence-electron chi connectivity index (χ4n) is 3.25. The normalized spacial score (nSPS) is 12.7. The summed E-state index contributed by atoms with van der Waals surface area (Å²) >= 11 is 0. The lowest BCUT2D eigenvalue weighted by Crippen LogP contribution is -2.45. The first-order chi connectivity index (χ1) is 16.0. The molecular weight excluding hydrogens is 469 g/mol. The van der Waals surface area contributed by atoms with E-state index in [0.717, 1.165) is 24.3 Å². The molecule has 0 spiro atoms. The average Bonchev–Trinajstić information content (AvgIpc) is 2.79. The summed E-state index contributed by atoms with van der Waals surface area (Å²) in [5, 5.41) is 2.49. The molecule has 0 aliphatic heterocycles. The number of aryl methyl sites for hydroxylation is 1. The summed E-state index contributed by atoms with van der Waals surface area (Å²) in [6.45, 7) is 1.72. The Bertz CT molecular complexity index is 1250. The molecule has 0 aliphatic carbocycles. The highest BCUT2D eigenvalue weighted by atomic mass is 32.2. The molecule has 34 heavy (non-hydrogen) atoms. The maximum atomic E-state index is 13.2. The Morgan fingerprint density at radius 3 is 2.24 bits per heavy atom. The number of methoxy groups -OCH3 is 1. The highest BCUT2D eigenvalue weighted by Gasteiger charge is 2.31. The molecule has 3 rings (SSSR count). The largest absolute Gasteiger partial charge is 0.495 e. The van der Waals surface area contributed by atoms with Crippen molar-refractivity contribution in [2.24, 2.45) is 0 Å². The molecule has 3 aromatic rings. The quantitative estimate of drug-likeness (QED) is 0.483. The summed E-state index contributed by atoms with van der Waals surface area (Å²) in [6, 6.07) is 16.0. The van der Waals surface area contributed by atoms with Crippen molar-refractivity contribution in [3.63, 3.8) is 0 Å². The van der Waals surface area contributed by atoms with Crippen LogP contribution in [-0.4, -0.2) is 27.5 Å². The van der Waals surface area contributed by atoms with Crippen molar-refractivity contribution in [3.05, 3.63) is 89.5 Å². The lowest BCUT2D eigenvalue weighted by atomic mass is 10.1. The van der Waals surface area contributed by atoms with Crippen molar-refractivity contribution in [1.82, 2.24) is 4.72 Å². The molecule has 0 aromatic heterocycles. The summed E-state index contributed by atoms with van der Waals surface area (Å²) < 4.78 is 72.4. The number of amides is 1. The zero-order valence-corrected chi connectivity index (χ0v) is 19.2. The summed E-state index contributed by atoms with van der Waals surface area (Å²) in [7, 11) is -2.86. The van der Waals surface area contributed by atoms with Crippen LogP contribution < -0.4 is 14.8 Å². The number of sulfonamides is 1. The van der Waals surface area contributed by atoms with Gasteiger partial charge in [0.15, 0.2) is 0 Å². The molecule has 1 amide bonds. The standard InChI is InChI=1S/C24H23F3N2O4S/c1-16-8-13-21(33-2)22(14-16)34(31,32)29-20(15-17-6-4-3-5-7-17)23(30)28-19-11-9-18(10-12-19)24(25,26)27/h3-14,20,29H,15H2,1-2H3,(H,28,30). The van der Waals surface area contributed by atoms with E-state index in [9.17, 15) is 26.4 Å². The van der Waals surface area contributed by atoms with Crippen molar-refractivity contribution in [2.75, 3.05) is 12.4 Å². The lowest BCUT2D eigenvalue weighted by molar-refractivity contribution is -0.137. The van der Waals surface area contributed by atoms with E-state index in [-0.39, 0.29) is 22.8 Å². The van der Waals surface area contributed by atoms with Gasteiger partial charge in [0.1, 0.15) is 16.7 Å². The number of halogens is 3. The first-order valence-corrected chi connectivity index (χ1v) is 11.7. The maximum Gasteiger partial charge on any atom is 0.416 e. The second-order valence-electron chi connectivity index (χ2n) is 7.58. The Kier molecular flexibility index (Phi) is 7.63. The molecular formula is C24H23F3N2O4S. The van der Waals surface area contributed by atoms with Crippen LogP contribution in [0.3, 0.4) is 0 Å². The van der Waals surface area contributed by atoms with Gasteiger partial charge in [-0.3, -0.25) is 4.79 Å². The third-order valence-electron chi connectivity index (χ3n) is 4.98. The van der Waals surface area contributed by atoms with Crippen molar-refractivity contribution < 1.29 is 31.1 Å². The van der Waals surface area contributed by atoms with Crippen molar-refractivity contribution in [2.45, 2.75) is 30.5 Å². The van der Waals surface area contributed by atoms with Gasteiger partial charge in [0.2, 0.25) is 15.9 Å². The van der Waals surface area contributed by atoms with E-state index < -0.39 is 33.7 Å². The fraction of sp³-hybridized carbons (Fsp3) is 0.208. The van der Waals surface area contributed by atoms with Crippen molar-refractivity contribution in [3.8, 4) is 5.75 Å². The summed E-state index contributed by atoms with van der Waals surface area (Å²) in [6.07, 6.45) is -4.50. The number of hydrogen-bond acceptors (Lipinski definition) is 4. The SMILES string of the molecule is COc1ccc(C)cc1S(=O)(=O)NC(Cc1ccccc1)C(=O)Nc1ccc(C(F)(F)F)cc1. The highest BCUT2D eigenvalue weighted by molar-refractivity contribution is 7.89. The second-order valence-corrected chi connectivity index (χ2v) is 9.26. The Morgan fingerprint density at radius 2 is 1.65 bits per heavy atom. The van der Waals surface area contributed by atoms with Gasteiger partial charge in [0.25, 0.3) is 0 Å². The van der Waals surface area contributed by atoms with Crippen molar-refractivity contribution in [1.29, 1.82) is 0 Å². The number of ether oxygens (including phenoxy) is 1. The monoisotopic (exact) mass is 492 g/mol. The van der Waals surface area contributed by atoms with E-state index in [4.69, 9.17) is 4.74 Å². The molecule has 0 saturated carbocycles. The minimum absolute atomic E-state index is 0.0146. The van der Waals surface area contributed by atoms with Gasteiger partial charge in [0, 0.05) is 5.69 Å². The molecule has 10 heteroatoms.